The molecule has 2 heteroatoms. The van der Waals surface area contributed by atoms with Crippen LogP contribution in [0, 0.1) is 18.8 Å². The lowest BCUT2D eigenvalue weighted by molar-refractivity contribution is -0.130. The standard InChI is InChI=1S/C10H8O2.2C2H6/c1-8-4-2-3-5-9(8)6-7-10(11)12;2*1-2/h2-5H,1H3,(H,11,12);2*1-2H3. The molecular weight excluding hydrogens is 200 g/mol. The van der Waals surface area contributed by atoms with Gasteiger partial charge < -0.3 is 5.11 Å². The first kappa shape index (κ1) is 16.7. The van der Waals surface area contributed by atoms with Gasteiger partial charge in [0.25, 0.3) is 0 Å². The molecule has 1 rings (SSSR count). The average Bonchev–Trinajstić information content (AvgIpc) is 2.33. The molecule has 0 atom stereocenters. The van der Waals surface area contributed by atoms with Crippen LogP contribution in [0.4, 0.5) is 0 Å². The Morgan fingerprint density at radius 3 is 2.06 bits per heavy atom. The largest absolute Gasteiger partial charge is 0.472 e. The van der Waals surface area contributed by atoms with Gasteiger partial charge in [0.05, 0.1) is 0 Å². The van der Waals surface area contributed by atoms with Gasteiger partial charge in [0.15, 0.2) is 0 Å². The van der Waals surface area contributed by atoms with Crippen LogP contribution in [0.25, 0.3) is 0 Å². The fourth-order valence-corrected chi connectivity index (χ4v) is 0.834. The van der Waals surface area contributed by atoms with Gasteiger partial charge in [-0.25, -0.2) is 4.79 Å². The minimum atomic E-state index is -1.10. The fraction of sp³-hybridized carbons (Fsp3) is 0.357. The van der Waals surface area contributed by atoms with Crippen molar-refractivity contribution in [3.8, 4) is 11.8 Å². The molecule has 0 bridgehead atoms. The van der Waals surface area contributed by atoms with Crippen molar-refractivity contribution < 1.29 is 9.90 Å². The molecule has 1 N–H and O–H groups in total. The zero-order valence-corrected chi connectivity index (χ0v) is 10.7. The quantitative estimate of drug-likeness (QED) is 0.680. The van der Waals surface area contributed by atoms with E-state index in [0.29, 0.717) is 0 Å². The van der Waals surface area contributed by atoms with Crippen LogP contribution >= 0.6 is 0 Å². The predicted molar refractivity (Wildman–Crippen MR) is 68.4 cm³/mol. The Hall–Kier alpha value is -1.75. The van der Waals surface area contributed by atoms with Gasteiger partial charge in [-0.05, 0) is 18.6 Å². The SMILES string of the molecule is CC.CC.Cc1ccccc1C#CC(=O)O. The lowest BCUT2D eigenvalue weighted by Gasteiger charge is -1.93. The van der Waals surface area contributed by atoms with Crippen LogP contribution in [-0.2, 0) is 4.79 Å². The van der Waals surface area contributed by atoms with E-state index in [0.717, 1.165) is 11.1 Å². The second-order valence-corrected chi connectivity index (χ2v) is 2.37. The van der Waals surface area contributed by atoms with Gasteiger partial charge in [-0.15, -0.1) is 0 Å². The van der Waals surface area contributed by atoms with E-state index >= 15 is 0 Å². The number of aliphatic carboxylic acids is 1. The van der Waals surface area contributed by atoms with E-state index in [1.807, 2.05) is 52.8 Å². The lowest BCUT2D eigenvalue weighted by Crippen LogP contribution is -1.88. The maximum atomic E-state index is 10.1. The third-order valence-electron chi connectivity index (χ3n) is 1.45. The molecule has 0 fully saturated rings. The van der Waals surface area contributed by atoms with Crippen molar-refractivity contribution in [3.05, 3.63) is 35.4 Å². The van der Waals surface area contributed by atoms with E-state index in [-0.39, 0.29) is 0 Å². The minimum absolute atomic E-state index is 0.764. The smallest absolute Gasteiger partial charge is 0.382 e. The number of benzene rings is 1. The zero-order chi connectivity index (χ0) is 13.0. The summed E-state index contributed by atoms with van der Waals surface area (Å²) in [4.78, 5) is 10.1. The number of carboxylic acids is 1. The van der Waals surface area contributed by atoms with Gasteiger partial charge in [0.1, 0.15) is 0 Å². The third kappa shape index (κ3) is 7.64. The number of hydrogen-bond donors (Lipinski definition) is 1. The second kappa shape index (κ2) is 11.3. The summed E-state index contributed by atoms with van der Waals surface area (Å²) in [6.07, 6.45) is 0. The summed E-state index contributed by atoms with van der Waals surface area (Å²) < 4.78 is 0. The molecule has 0 aliphatic rings. The summed E-state index contributed by atoms with van der Waals surface area (Å²) in [6, 6.07) is 7.41. The van der Waals surface area contributed by atoms with E-state index in [1.165, 1.54) is 0 Å². The van der Waals surface area contributed by atoms with E-state index in [1.54, 1.807) is 6.07 Å². The maximum Gasteiger partial charge on any atom is 0.382 e. The highest BCUT2D eigenvalue weighted by Crippen LogP contribution is 2.03. The Labute approximate surface area is 98.3 Å². The van der Waals surface area contributed by atoms with Gasteiger partial charge in [-0.1, -0.05) is 51.8 Å². The summed E-state index contributed by atoms with van der Waals surface area (Å²) >= 11 is 0. The van der Waals surface area contributed by atoms with Gasteiger partial charge in [0, 0.05) is 11.5 Å². The van der Waals surface area contributed by atoms with Crippen LogP contribution in [0.3, 0.4) is 0 Å². The highest BCUT2D eigenvalue weighted by Gasteiger charge is 1.91. The van der Waals surface area contributed by atoms with E-state index in [9.17, 15) is 4.79 Å². The molecule has 0 spiro atoms. The van der Waals surface area contributed by atoms with Gasteiger partial charge in [-0.2, -0.15) is 0 Å². The van der Waals surface area contributed by atoms with Crippen molar-refractivity contribution >= 4 is 5.97 Å². The summed E-state index contributed by atoms with van der Waals surface area (Å²) in [5.41, 5.74) is 1.76. The molecule has 0 aliphatic carbocycles. The molecule has 0 radical (unpaired) electrons. The molecule has 0 saturated carbocycles. The van der Waals surface area contributed by atoms with Crippen LogP contribution in [0.5, 0.6) is 0 Å². The first-order chi connectivity index (χ1) is 7.70. The van der Waals surface area contributed by atoms with Crippen molar-refractivity contribution in [2.45, 2.75) is 34.6 Å². The summed E-state index contributed by atoms with van der Waals surface area (Å²) in [5, 5.41) is 8.29. The Morgan fingerprint density at radius 1 is 1.12 bits per heavy atom. The van der Waals surface area contributed by atoms with Crippen molar-refractivity contribution in [2.24, 2.45) is 0 Å². The average molecular weight is 220 g/mol. The normalized spacial score (nSPS) is 7.06. The lowest BCUT2D eigenvalue weighted by atomic mass is 10.1. The molecule has 0 saturated heterocycles. The highest BCUT2D eigenvalue weighted by atomic mass is 16.4. The molecule has 2 nitrogen and oxygen atoms in total. The monoisotopic (exact) mass is 220 g/mol. The molecular formula is C14H20O2. The minimum Gasteiger partial charge on any atom is -0.472 e. The van der Waals surface area contributed by atoms with Crippen LogP contribution in [0.2, 0.25) is 0 Å². The van der Waals surface area contributed by atoms with Crippen LogP contribution in [0.1, 0.15) is 38.8 Å². The Morgan fingerprint density at radius 2 is 1.62 bits per heavy atom. The Kier molecular flexibility index (Phi) is 11.8. The highest BCUT2D eigenvalue weighted by molar-refractivity contribution is 5.87. The predicted octanol–water partition coefficient (Wildman–Crippen LogP) is 3.48. The van der Waals surface area contributed by atoms with E-state index < -0.39 is 5.97 Å². The molecule has 1 aromatic rings. The Balaban J connectivity index is 0. The summed E-state index contributed by atoms with van der Waals surface area (Å²) in [5.74, 6) is 3.53. The number of carboxylic acid groups (broad SMARTS) is 1. The number of aryl methyl sites for hydroxylation is 1. The Bertz CT molecular complexity index is 356. The summed E-state index contributed by atoms with van der Waals surface area (Å²) in [7, 11) is 0. The number of carbonyl (C=O) groups is 1. The van der Waals surface area contributed by atoms with E-state index in [2.05, 4.69) is 11.8 Å². The number of hydrogen-bond acceptors (Lipinski definition) is 1. The fourth-order valence-electron chi connectivity index (χ4n) is 0.834. The second-order valence-electron chi connectivity index (χ2n) is 2.37. The molecule has 0 aromatic heterocycles. The van der Waals surface area contributed by atoms with Gasteiger partial charge in [0.2, 0.25) is 0 Å². The molecule has 0 aliphatic heterocycles. The maximum absolute atomic E-state index is 10.1. The first-order valence-corrected chi connectivity index (χ1v) is 5.51. The molecule has 0 unspecified atom stereocenters. The molecule has 0 heterocycles. The molecule has 1 aromatic carbocycles. The number of rotatable bonds is 0. The molecule has 88 valence electrons. The zero-order valence-electron chi connectivity index (χ0n) is 10.7. The first-order valence-electron chi connectivity index (χ1n) is 5.51. The van der Waals surface area contributed by atoms with Crippen molar-refractivity contribution in [3.63, 3.8) is 0 Å². The third-order valence-corrected chi connectivity index (χ3v) is 1.45. The van der Waals surface area contributed by atoms with Crippen LogP contribution in [0.15, 0.2) is 24.3 Å². The summed E-state index contributed by atoms with van der Waals surface area (Å²) in [6.45, 7) is 9.89. The van der Waals surface area contributed by atoms with E-state index in [4.69, 9.17) is 5.11 Å². The van der Waals surface area contributed by atoms with Gasteiger partial charge in [-0.3, -0.25) is 0 Å². The van der Waals surface area contributed by atoms with Crippen molar-refractivity contribution in [1.29, 1.82) is 0 Å². The molecule has 0 amide bonds. The van der Waals surface area contributed by atoms with Crippen molar-refractivity contribution in [1.82, 2.24) is 0 Å². The van der Waals surface area contributed by atoms with Gasteiger partial charge >= 0.3 is 5.97 Å². The topological polar surface area (TPSA) is 37.3 Å². The van der Waals surface area contributed by atoms with Crippen LogP contribution < -0.4 is 0 Å². The van der Waals surface area contributed by atoms with Crippen molar-refractivity contribution in [2.75, 3.05) is 0 Å². The molecule has 16 heavy (non-hydrogen) atoms. The van der Waals surface area contributed by atoms with Crippen LogP contribution in [-0.4, -0.2) is 11.1 Å².